The van der Waals surface area contributed by atoms with Gasteiger partial charge in [-0.05, 0) is 205 Å². The molecule has 2 aliphatic rings. The second kappa shape index (κ2) is 14.7. The molecule has 0 bridgehead atoms. The Balaban J connectivity index is 0.000000560. The van der Waals surface area contributed by atoms with E-state index in [1.807, 2.05) is 0 Å². The molecule has 2 heterocycles. The van der Waals surface area contributed by atoms with E-state index in [1.165, 1.54) is 0 Å². The lowest BCUT2D eigenvalue weighted by Crippen LogP contribution is -2.82. The molecule has 0 spiro atoms. The first-order valence-electron chi connectivity index (χ1n) is 21.9. The van der Waals surface area contributed by atoms with Gasteiger partial charge in [0.1, 0.15) is 0 Å². The van der Waals surface area contributed by atoms with E-state index >= 15 is 0 Å². The topological polar surface area (TPSA) is 98.3 Å². The maximum Gasteiger partial charge on any atom is 0.0307 e. The fourth-order valence-electron chi connectivity index (χ4n) is 8.63. The molecule has 0 radical (unpaired) electrons. The Morgan fingerprint density at radius 2 is 0.250 bits per heavy atom. The average molecular weight is 792 g/mol. The molecular weight excluding hydrogens is 689 g/mol. The molecule has 2 saturated heterocycles. The van der Waals surface area contributed by atoms with E-state index in [1.54, 1.807) is 0 Å². The third-order valence-corrected chi connectivity index (χ3v) is 17.4. The van der Waals surface area contributed by atoms with Gasteiger partial charge in [0, 0.05) is 66.5 Å². The van der Waals surface area contributed by atoms with Gasteiger partial charge in [0.15, 0.2) is 0 Å². The standard InChI is InChI=1S/C24H52N4.C24H51N4/c2*1-17(2)18(3,4)26-21(9,10)22(11,12)28-24(15,16)23(13,14)27-20(7,8)19(5,6)25-17/h25-28H,1-16H3;25-27H,1-16H3/q;-1. The predicted molar refractivity (Wildman–Crippen MR) is 251 cm³/mol. The first kappa shape index (κ1) is 53.7. The van der Waals surface area contributed by atoms with Crippen molar-refractivity contribution in [3.05, 3.63) is 5.32 Å². The second-order valence-corrected chi connectivity index (χ2v) is 26.9. The molecule has 0 saturated carbocycles. The Morgan fingerprint density at radius 3 is 0.357 bits per heavy atom. The molecule has 336 valence electrons. The van der Waals surface area contributed by atoms with Gasteiger partial charge in [-0.1, -0.05) is 27.7 Å². The minimum atomic E-state index is -0.262. The number of nitrogens with one attached hydrogen (secondary N) is 7. The normalized spacial score (nSPS) is 32.6. The van der Waals surface area contributed by atoms with Crippen molar-refractivity contribution < 1.29 is 0 Å². The molecule has 0 aromatic rings. The molecule has 0 atom stereocenters. The zero-order valence-corrected chi connectivity index (χ0v) is 43.9. The molecule has 2 fully saturated rings. The Hall–Kier alpha value is -0.320. The maximum absolute atomic E-state index is 5.46. The van der Waals surface area contributed by atoms with Crippen LogP contribution in [-0.4, -0.2) is 88.6 Å². The molecule has 56 heavy (non-hydrogen) atoms. The third kappa shape index (κ3) is 10.4. The molecule has 0 aromatic heterocycles. The fourth-order valence-corrected chi connectivity index (χ4v) is 8.63. The van der Waals surface area contributed by atoms with Crippen molar-refractivity contribution in [2.24, 2.45) is 0 Å². The molecule has 2 rings (SSSR count). The summed E-state index contributed by atoms with van der Waals surface area (Å²) in [6, 6.07) is 0. The largest absolute Gasteiger partial charge is 0.649 e. The van der Waals surface area contributed by atoms with Crippen molar-refractivity contribution in [1.29, 1.82) is 0 Å². The van der Waals surface area contributed by atoms with Crippen LogP contribution in [-0.2, 0) is 0 Å². The Labute approximate surface area is 351 Å². The monoisotopic (exact) mass is 792 g/mol. The van der Waals surface area contributed by atoms with Crippen LogP contribution in [0.4, 0.5) is 0 Å². The number of hydrogen-bond donors (Lipinski definition) is 7. The lowest BCUT2D eigenvalue weighted by Gasteiger charge is -2.68. The smallest absolute Gasteiger partial charge is 0.0307 e. The summed E-state index contributed by atoms with van der Waals surface area (Å²) in [4.78, 5) is 0. The summed E-state index contributed by atoms with van der Waals surface area (Å²) >= 11 is 0. The van der Waals surface area contributed by atoms with Gasteiger partial charge in [-0.25, -0.2) is 0 Å². The fraction of sp³-hybridized carbons (Fsp3) is 1.00. The van der Waals surface area contributed by atoms with E-state index in [0.29, 0.717) is 0 Å². The number of rotatable bonds is 0. The van der Waals surface area contributed by atoms with Gasteiger partial charge in [-0.15, -0.1) is 11.1 Å². The zero-order chi connectivity index (χ0) is 45.7. The van der Waals surface area contributed by atoms with Crippen molar-refractivity contribution in [2.45, 2.75) is 310 Å². The molecule has 0 amide bonds. The van der Waals surface area contributed by atoms with Gasteiger partial charge < -0.3 is 42.5 Å². The van der Waals surface area contributed by atoms with E-state index in [-0.39, 0.29) is 88.6 Å². The first-order chi connectivity index (χ1) is 23.7. The van der Waals surface area contributed by atoms with Crippen molar-refractivity contribution in [3.8, 4) is 0 Å². The minimum Gasteiger partial charge on any atom is -0.649 e. The second-order valence-electron chi connectivity index (χ2n) is 26.9. The van der Waals surface area contributed by atoms with E-state index in [0.717, 1.165) is 0 Å². The summed E-state index contributed by atoms with van der Waals surface area (Å²) in [7, 11) is 0. The number of hydrogen-bond acceptors (Lipinski definition) is 7. The van der Waals surface area contributed by atoms with Crippen LogP contribution in [0.25, 0.3) is 5.32 Å². The Morgan fingerprint density at radius 1 is 0.161 bits per heavy atom. The maximum atomic E-state index is 5.46. The summed E-state index contributed by atoms with van der Waals surface area (Å²) in [5.41, 5.74) is -2.62. The van der Waals surface area contributed by atoms with Crippen LogP contribution in [0, 0.1) is 0 Å². The highest BCUT2D eigenvalue weighted by Gasteiger charge is 2.55. The van der Waals surface area contributed by atoms with Crippen LogP contribution >= 0.6 is 0 Å². The summed E-state index contributed by atoms with van der Waals surface area (Å²) < 4.78 is 0. The Kier molecular flexibility index (Phi) is 14.1. The zero-order valence-electron chi connectivity index (χ0n) is 43.9. The van der Waals surface area contributed by atoms with Crippen molar-refractivity contribution in [3.63, 3.8) is 0 Å². The highest BCUT2D eigenvalue weighted by Crippen LogP contribution is 2.45. The van der Waals surface area contributed by atoms with Gasteiger partial charge in [-0.2, -0.15) is 0 Å². The van der Waals surface area contributed by atoms with Gasteiger partial charge in [0.25, 0.3) is 0 Å². The lowest BCUT2D eigenvalue weighted by atomic mass is 9.69. The van der Waals surface area contributed by atoms with Crippen molar-refractivity contribution in [2.75, 3.05) is 0 Å². The average Bonchev–Trinajstić information content (AvgIpc) is 2.82. The van der Waals surface area contributed by atoms with Crippen LogP contribution in [0.15, 0.2) is 0 Å². The van der Waals surface area contributed by atoms with Crippen molar-refractivity contribution in [1.82, 2.24) is 37.2 Å². The van der Waals surface area contributed by atoms with E-state index in [2.05, 4.69) is 259 Å². The van der Waals surface area contributed by atoms with E-state index in [9.17, 15) is 0 Å². The van der Waals surface area contributed by atoms with Crippen LogP contribution in [0.1, 0.15) is 222 Å². The number of nitrogens with zero attached hydrogens (tertiary/aromatic N) is 1. The molecule has 0 aromatic carbocycles. The SMILES string of the molecule is CC1(C)NC(C)(C)C(C)(C)NC(C)(C)C(C)(C)NC(C)(C)C(C)(C)NC1(C)C.CC1(C)[N-]C(C)(C)C(C)(C)NC(C)(C)C(C)(C)NC(C)(C)C(C)(C)NC1(C)C. The van der Waals surface area contributed by atoms with Crippen LogP contribution in [0.3, 0.4) is 0 Å². The van der Waals surface area contributed by atoms with Gasteiger partial charge in [-0.3, -0.25) is 0 Å². The van der Waals surface area contributed by atoms with Crippen molar-refractivity contribution >= 4 is 0 Å². The van der Waals surface area contributed by atoms with Crippen LogP contribution < -0.4 is 37.2 Å². The highest BCUT2D eigenvalue weighted by atomic mass is 15.3. The van der Waals surface area contributed by atoms with Gasteiger partial charge >= 0.3 is 0 Å². The summed E-state index contributed by atoms with van der Waals surface area (Å²) in [6.07, 6.45) is 0. The van der Waals surface area contributed by atoms with E-state index in [4.69, 9.17) is 5.32 Å². The third-order valence-electron chi connectivity index (χ3n) is 17.4. The van der Waals surface area contributed by atoms with E-state index < -0.39 is 0 Å². The minimum absolute atomic E-state index is 0.137. The van der Waals surface area contributed by atoms with Crippen LogP contribution in [0.5, 0.6) is 0 Å². The molecule has 8 heteroatoms. The first-order valence-corrected chi connectivity index (χ1v) is 21.9. The molecule has 8 nitrogen and oxygen atoms in total. The summed E-state index contributed by atoms with van der Waals surface area (Å²) in [5, 5.41) is 33.5. The van der Waals surface area contributed by atoms with Crippen LogP contribution in [0.2, 0.25) is 0 Å². The molecule has 0 unspecified atom stereocenters. The van der Waals surface area contributed by atoms with Gasteiger partial charge in [0.05, 0.1) is 0 Å². The highest BCUT2D eigenvalue weighted by molar-refractivity contribution is 5.28. The molecule has 2 aliphatic heterocycles. The predicted octanol–water partition coefficient (Wildman–Crippen LogP) is 9.96. The molecular formula is C48H103N8-. The lowest BCUT2D eigenvalue weighted by molar-refractivity contribution is 0.00818. The quantitative estimate of drug-likeness (QED) is 0.131. The summed E-state index contributed by atoms with van der Waals surface area (Å²) in [5.74, 6) is 0. The summed E-state index contributed by atoms with van der Waals surface area (Å²) in [6.45, 7) is 73.6. The molecule has 0 aliphatic carbocycles. The molecule has 7 N–H and O–H groups in total. The van der Waals surface area contributed by atoms with Gasteiger partial charge in [0.2, 0.25) is 0 Å². The Bertz CT molecular complexity index is 955.